The van der Waals surface area contributed by atoms with Gasteiger partial charge in [-0.2, -0.15) is 14.8 Å². The molecule has 8 nitrogen and oxygen atoms in total. The van der Waals surface area contributed by atoms with E-state index in [-0.39, 0.29) is 5.92 Å². The molecule has 2 aromatic carbocycles. The molecule has 2 N–H and O–H groups in total. The van der Waals surface area contributed by atoms with Crippen molar-refractivity contribution in [3.05, 3.63) is 101 Å². The second kappa shape index (κ2) is 8.97. The molecule has 0 radical (unpaired) electrons. The molecule has 0 fully saturated rings. The topological polar surface area (TPSA) is 96.7 Å². The third-order valence-electron chi connectivity index (χ3n) is 5.59. The van der Waals surface area contributed by atoms with E-state index in [1.165, 1.54) is 11.1 Å². The molecule has 0 amide bonds. The smallest absolute Gasteiger partial charge is 0.182 e. The normalized spacial score (nSPS) is 12.2. The Kier molecular flexibility index (Phi) is 5.57. The minimum absolute atomic E-state index is 0.0363. The Bertz CT molecular complexity index is 1280. The molecule has 3 heterocycles. The number of H-pyrrole nitrogens is 1. The molecule has 5 rings (SSSR count). The number of anilines is 1. The van der Waals surface area contributed by atoms with Crippen LogP contribution in [-0.4, -0.2) is 35.2 Å². The molecule has 0 saturated heterocycles. The minimum atomic E-state index is 0.0363. The standard InChI is InChI=1S/C24H24N8/c1-2-20-15-23(32-22(27-20)12-13-26-32)25-16-18-8-10-19(11-9-18)21(24-28-30-31-29-24)14-17-6-4-3-5-7-17/h3-13,15,21,25H,2,14,16H2,1H3,(H,28,29,30,31). The number of hydrogen-bond acceptors (Lipinski definition) is 6. The molecular weight excluding hydrogens is 400 g/mol. The van der Waals surface area contributed by atoms with E-state index in [1.54, 1.807) is 6.20 Å². The van der Waals surface area contributed by atoms with Gasteiger partial charge in [0.25, 0.3) is 0 Å². The zero-order valence-electron chi connectivity index (χ0n) is 17.8. The first-order chi connectivity index (χ1) is 15.8. The van der Waals surface area contributed by atoms with E-state index in [1.807, 2.05) is 16.6 Å². The van der Waals surface area contributed by atoms with Gasteiger partial charge in [0, 0.05) is 24.4 Å². The number of rotatable bonds is 8. The fraction of sp³-hybridized carbons (Fsp3) is 0.208. The largest absolute Gasteiger partial charge is 0.366 e. The third kappa shape index (κ3) is 4.20. The molecule has 32 heavy (non-hydrogen) atoms. The van der Waals surface area contributed by atoms with E-state index in [0.29, 0.717) is 12.4 Å². The second-order valence-corrected chi connectivity index (χ2v) is 7.69. The van der Waals surface area contributed by atoms with Crippen LogP contribution in [0.2, 0.25) is 0 Å². The SMILES string of the molecule is CCc1cc(NCc2ccc(C(Cc3ccccc3)c3nn[nH]n3)cc2)n2nccc2n1. The van der Waals surface area contributed by atoms with Gasteiger partial charge in [-0.05, 0) is 29.5 Å². The van der Waals surface area contributed by atoms with E-state index in [2.05, 4.69) is 97.5 Å². The van der Waals surface area contributed by atoms with Crippen molar-refractivity contribution in [3.63, 3.8) is 0 Å². The summed E-state index contributed by atoms with van der Waals surface area (Å²) in [5.74, 6) is 1.67. The van der Waals surface area contributed by atoms with E-state index < -0.39 is 0 Å². The lowest BCUT2D eigenvalue weighted by atomic mass is 9.91. The summed E-state index contributed by atoms with van der Waals surface area (Å²) in [6.45, 7) is 2.79. The van der Waals surface area contributed by atoms with Crippen molar-refractivity contribution in [2.45, 2.75) is 32.2 Å². The Morgan fingerprint density at radius 2 is 1.84 bits per heavy atom. The Morgan fingerprint density at radius 1 is 1.00 bits per heavy atom. The number of tetrazole rings is 1. The number of aromatic nitrogens is 7. The van der Waals surface area contributed by atoms with Crippen molar-refractivity contribution < 1.29 is 0 Å². The first-order valence-corrected chi connectivity index (χ1v) is 10.7. The summed E-state index contributed by atoms with van der Waals surface area (Å²) in [6, 6.07) is 22.9. The zero-order chi connectivity index (χ0) is 21.8. The third-order valence-corrected chi connectivity index (χ3v) is 5.59. The number of aryl methyl sites for hydroxylation is 1. The molecule has 0 spiro atoms. The average Bonchev–Trinajstić information content (AvgIpc) is 3.54. The van der Waals surface area contributed by atoms with Crippen molar-refractivity contribution in [1.29, 1.82) is 0 Å². The molecule has 0 aliphatic carbocycles. The van der Waals surface area contributed by atoms with Crippen LogP contribution in [0.5, 0.6) is 0 Å². The summed E-state index contributed by atoms with van der Waals surface area (Å²) < 4.78 is 1.83. The summed E-state index contributed by atoms with van der Waals surface area (Å²) in [4.78, 5) is 4.60. The molecular formula is C24H24N8. The van der Waals surface area contributed by atoms with Gasteiger partial charge >= 0.3 is 0 Å². The first kappa shape index (κ1) is 19.9. The van der Waals surface area contributed by atoms with Gasteiger partial charge in [0.15, 0.2) is 11.5 Å². The molecule has 5 aromatic rings. The zero-order valence-corrected chi connectivity index (χ0v) is 17.8. The highest BCUT2D eigenvalue weighted by molar-refractivity contribution is 5.49. The van der Waals surface area contributed by atoms with Crippen LogP contribution in [0.4, 0.5) is 5.82 Å². The highest BCUT2D eigenvalue weighted by Gasteiger charge is 2.19. The summed E-state index contributed by atoms with van der Waals surface area (Å²) in [5, 5.41) is 22.7. The van der Waals surface area contributed by atoms with Gasteiger partial charge in [0.2, 0.25) is 0 Å². The van der Waals surface area contributed by atoms with Crippen LogP contribution in [0.1, 0.15) is 41.1 Å². The molecule has 0 aliphatic heterocycles. The molecule has 0 aliphatic rings. The molecule has 8 heteroatoms. The first-order valence-electron chi connectivity index (χ1n) is 10.7. The van der Waals surface area contributed by atoms with E-state index >= 15 is 0 Å². The number of nitrogens with zero attached hydrogens (tertiary/aromatic N) is 6. The summed E-state index contributed by atoms with van der Waals surface area (Å²) in [6.07, 6.45) is 3.46. The second-order valence-electron chi connectivity index (χ2n) is 7.69. The summed E-state index contributed by atoms with van der Waals surface area (Å²) in [7, 11) is 0. The van der Waals surface area contributed by atoms with Crippen molar-refractivity contribution in [1.82, 2.24) is 35.2 Å². The average molecular weight is 425 g/mol. The van der Waals surface area contributed by atoms with E-state index in [9.17, 15) is 0 Å². The van der Waals surface area contributed by atoms with Crippen LogP contribution >= 0.6 is 0 Å². The van der Waals surface area contributed by atoms with Crippen molar-refractivity contribution in [2.24, 2.45) is 0 Å². The lowest BCUT2D eigenvalue weighted by Crippen LogP contribution is -2.09. The van der Waals surface area contributed by atoms with Crippen LogP contribution in [0.25, 0.3) is 5.65 Å². The van der Waals surface area contributed by atoms with E-state index in [4.69, 9.17) is 0 Å². The Labute approximate surface area is 185 Å². The Hall–Kier alpha value is -4.07. The minimum Gasteiger partial charge on any atom is -0.366 e. The number of aromatic amines is 1. The predicted octanol–water partition coefficient (Wildman–Crippen LogP) is 3.79. The van der Waals surface area contributed by atoms with Gasteiger partial charge in [-0.3, -0.25) is 0 Å². The summed E-state index contributed by atoms with van der Waals surface area (Å²) in [5.41, 5.74) is 5.47. The van der Waals surface area contributed by atoms with Crippen molar-refractivity contribution in [2.75, 3.05) is 5.32 Å². The van der Waals surface area contributed by atoms with Crippen LogP contribution in [0.3, 0.4) is 0 Å². The molecule has 160 valence electrons. The monoisotopic (exact) mass is 424 g/mol. The maximum Gasteiger partial charge on any atom is 0.182 e. The molecule has 3 aromatic heterocycles. The molecule has 0 saturated carbocycles. The van der Waals surface area contributed by atoms with Gasteiger partial charge in [0.1, 0.15) is 5.82 Å². The van der Waals surface area contributed by atoms with Crippen LogP contribution in [-0.2, 0) is 19.4 Å². The number of nitrogens with one attached hydrogen (secondary N) is 2. The van der Waals surface area contributed by atoms with Crippen LogP contribution in [0.15, 0.2) is 72.9 Å². The molecule has 1 unspecified atom stereocenters. The summed E-state index contributed by atoms with van der Waals surface area (Å²) >= 11 is 0. The van der Waals surface area contributed by atoms with Gasteiger partial charge < -0.3 is 5.32 Å². The van der Waals surface area contributed by atoms with Gasteiger partial charge in [-0.1, -0.05) is 66.7 Å². The quantitative estimate of drug-likeness (QED) is 0.393. The Balaban J connectivity index is 1.34. The lowest BCUT2D eigenvalue weighted by molar-refractivity contribution is 0.739. The highest BCUT2D eigenvalue weighted by Crippen LogP contribution is 2.26. The predicted molar refractivity (Wildman–Crippen MR) is 122 cm³/mol. The number of benzene rings is 2. The lowest BCUT2D eigenvalue weighted by Gasteiger charge is -2.15. The van der Waals surface area contributed by atoms with Crippen LogP contribution in [0, 0.1) is 0 Å². The van der Waals surface area contributed by atoms with Gasteiger partial charge in [-0.15, -0.1) is 10.2 Å². The molecule has 1 atom stereocenters. The Morgan fingerprint density at radius 3 is 2.59 bits per heavy atom. The fourth-order valence-corrected chi connectivity index (χ4v) is 3.86. The van der Waals surface area contributed by atoms with Gasteiger partial charge in [-0.25, -0.2) is 4.98 Å². The maximum atomic E-state index is 4.60. The highest BCUT2D eigenvalue weighted by atomic mass is 15.5. The molecule has 0 bridgehead atoms. The number of hydrogen-bond donors (Lipinski definition) is 2. The van der Waals surface area contributed by atoms with Crippen molar-refractivity contribution >= 4 is 11.5 Å². The van der Waals surface area contributed by atoms with E-state index in [0.717, 1.165) is 35.6 Å². The van der Waals surface area contributed by atoms with Crippen LogP contribution < -0.4 is 5.32 Å². The fourth-order valence-electron chi connectivity index (χ4n) is 3.86. The van der Waals surface area contributed by atoms with Crippen molar-refractivity contribution in [3.8, 4) is 0 Å². The van der Waals surface area contributed by atoms with Gasteiger partial charge in [0.05, 0.1) is 12.1 Å². The number of fused-ring (bicyclic) bond motifs is 1. The maximum absolute atomic E-state index is 4.60.